The molecule has 1 aliphatic rings. The molecule has 0 radical (unpaired) electrons. The summed E-state index contributed by atoms with van der Waals surface area (Å²) in [5.41, 5.74) is 5.79. The average Bonchev–Trinajstić information content (AvgIpc) is 2.50. The quantitative estimate of drug-likeness (QED) is 0.776. The molecule has 1 aromatic rings. The number of urea groups is 2. The first-order valence-electron chi connectivity index (χ1n) is 6.44. The zero-order valence-corrected chi connectivity index (χ0v) is 12.5. The molecular formula is C13H17N5O4. The van der Waals surface area contributed by atoms with E-state index >= 15 is 0 Å². The highest BCUT2D eigenvalue weighted by molar-refractivity contribution is 5.95. The Kier molecular flexibility index (Phi) is 4.66. The Morgan fingerprint density at radius 2 is 2.14 bits per heavy atom. The van der Waals surface area contributed by atoms with Crippen molar-refractivity contribution in [3.8, 4) is 11.5 Å². The van der Waals surface area contributed by atoms with Crippen LogP contribution >= 0.6 is 0 Å². The van der Waals surface area contributed by atoms with E-state index in [0.29, 0.717) is 22.9 Å². The van der Waals surface area contributed by atoms with E-state index in [-0.39, 0.29) is 6.54 Å². The smallest absolute Gasteiger partial charge is 0.356 e. The van der Waals surface area contributed by atoms with Crippen molar-refractivity contribution in [1.82, 2.24) is 15.9 Å². The van der Waals surface area contributed by atoms with Crippen LogP contribution in [-0.4, -0.2) is 43.5 Å². The van der Waals surface area contributed by atoms with Crippen molar-refractivity contribution in [3.63, 3.8) is 0 Å². The Labute approximate surface area is 127 Å². The minimum atomic E-state index is -0.587. The summed E-state index contributed by atoms with van der Waals surface area (Å²) >= 11 is 0. The molecule has 1 heterocycles. The van der Waals surface area contributed by atoms with Crippen molar-refractivity contribution < 1.29 is 19.1 Å². The van der Waals surface area contributed by atoms with Crippen LogP contribution in [0.4, 0.5) is 15.3 Å². The molecule has 0 saturated heterocycles. The number of methoxy groups -OCH3 is 2. The Morgan fingerprint density at radius 3 is 2.82 bits per heavy atom. The number of nitrogens with zero attached hydrogens (tertiary/aromatic N) is 2. The zero-order chi connectivity index (χ0) is 16.1. The van der Waals surface area contributed by atoms with Crippen LogP contribution < -0.4 is 25.6 Å². The molecule has 0 unspecified atom stereocenters. The van der Waals surface area contributed by atoms with Gasteiger partial charge in [-0.05, 0) is 19.1 Å². The van der Waals surface area contributed by atoms with Crippen molar-refractivity contribution >= 4 is 23.5 Å². The minimum Gasteiger partial charge on any atom is -0.497 e. The summed E-state index contributed by atoms with van der Waals surface area (Å²) in [7, 11) is 3.01. The van der Waals surface area contributed by atoms with E-state index < -0.39 is 12.1 Å². The average molecular weight is 307 g/mol. The number of carbonyl (C=O) groups is 2. The zero-order valence-electron chi connectivity index (χ0n) is 12.5. The number of rotatable bonds is 4. The molecule has 0 saturated carbocycles. The van der Waals surface area contributed by atoms with Gasteiger partial charge in [-0.3, -0.25) is 0 Å². The monoisotopic (exact) mass is 307 g/mol. The van der Waals surface area contributed by atoms with Gasteiger partial charge >= 0.3 is 12.1 Å². The third-order valence-corrected chi connectivity index (χ3v) is 2.87. The Balaban J connectivity index is 2.06. The van der Waals surface area contributed by atoms with Crippen molar-refractivity contribution in [1.29, 1.82) is 0 Å². The lowest BCUT2D eigenvalue weighted by molar-refractivity contribution is 0.177. The van der Waals surface area contributed by atoms with Crippen LogP contribution in [0.2, 0.25) is 0 Å². The van der Waals surface area contributed by atoms with Crippen LogP contribution in [0.1, 0.15) is 6.92 Å². The summed E-state index contributed by atoms with van der Waals surface area (Å²) in [6, 6.07) is 3.88. The van der Waals surface area contributed by atoms with Gasteiger partial charge in [-0.2, -0.15) is 5.10 Å². The molecule has 0 bridgehead atoms. The summed E-state index contributed by atoms with van der Waals surface area (Å²) < 4.78 is 10.3. The maximum absolute atomic E-state index is 12.0. The lowest BCUT2D eigenvalue weighted by atomic mass is 10.2. The molecule has 0 aliphatic carbocycles. The van der Waals surface area contributed by atoms with Gasteiger partial charge in [-0.15, -0.1) is 0 Å². The maximum atomic E-state index is 12.0. The van der Waals surface area contributed by atoms with Gasteiger partial charge in [0.25, 0.3) is 0 Å². The molecule has 4 amide bonds. The molecule has 0 spiro atoms. The van der Waals surface area contributed by atoms with Crippen molar-refractivity contribution in [2.75, 3.05) is 26.1 Å². The number of benzene rings is 1. The molecular weight excluding hydrogens is 290 g/mol. The molecule has 9 heteroatoms. The topological polar surface area (TPSA) is 104 Å². The van der Waals surface area contributed by atoms with Crippen molar-refractivity contribution in [2.24, 2.45) is 5.10 Å². The summed E-state index contributed by atoms with van der Waals surface area (Å²) in [5, 5.41) is 7.49. The van der Waals surface area contributed by atoms with Crippen LogP contribution in [0.3, 0.4) is 0 Å². The highest BCUT2D eigenvalue weighted by Crippen LogP contribution is 2.28. The highest BCUT2D eigenvalue weighted by atomic mass is 16.5. The first-order valence-corrected chi connectivity index (χ1v) is 6.44. The van der Waals surface area contributed by atoms with Gasteiger partial charge in [0.1, 0.15) is 11.5 Å². The number of hydrazone groups is 1. The lowest BCUT2D eigenvalue weighted by Crippen LogP contribution is -2.55. The molecule has 9 nitrogen and oxygen atoms in total. The maximum Gasteiger partial charge on any atom is 0.356 e. The van der Waals surface area contributed by atoms with Crippen LogP contribution in [0.15, 0.2) is 23.3 Å². The third-order valence-electron chi connectivity index (χ3n) is 2.87. The molecule has 1 aliphatic heterocycles. The first kappa shape index (κ1) is 15.4. The Morgan fingerprint density at radius 1 is 1.36 bits per heavy atom. The van der Waals surface area contributed by atoms with Gasteiger partial charge < -0.3 is 14.8 Å². The van der Waals surface area contributed by atoms with Crippen LogP contribution in [0, 0.1) is 0 Å². The number of amides is 4. The van der Waals surface area contributed by atoms with Crippen LogP contribution in [0.5, 0.6) is 11.5 Å². The van der Waals surface area contributed by atoms with E-state index in [1.807, 2.05) is 0 Å². The second kappa shape index (κ2) is 6.66. The number of nitrogens with one attached hydrogen (secondary N) is 3. The normalized spacial score (nSPS) is 13.9. The van der Waals surface area contributed by atoms with Gasteiger partial charge in [0.2, 0.25) is 0 Å². The number of hydrogen-bond donors (Lipinski definition) is 3. The van der Waals surface area contributed by atoms with E-state index in [4.69, 9.17) is 9.47 Å². The third kappa shape index (κ3) is 3.57. The largest absolute Gasteiger partial charge is 0.497 e. The predicted octanol–water partition coefficient (Wildman–Crippen LogP) is 1.14. The molecule has 1 aromatic carbocycles. The summed E-state index contributed by atoms with van der Waals surface area (Å²) in [5.74, 6) is 1.03. The van der Waals surface area contributed by atoms with E-state index in [0.717, 1.165) is 5.01 Å². The van der Waals surface area contributed by atoms with E-state index in [9.17, 15) is 9.59 Å². The SMILES string of the molecule is COc1ccc(OC)c(NC(=O)NN2CC(C)=NNC2=O)c1. The van der Waals surface area contributed by atoms with Crippen molar-refractivity contribution in [3.05, 3.63) is 18.2 Å². The standard InChI is InChI=1S/C13H17N5O4/c1-8-7-18(13(20)16-15-8)17-12(19)14-10-6-9(21-2)4-5-11(10)22-3/h4-6H,7H2,1-3H3,(H,16,20)(H2,14,17,19). The van der Waals surface area contributed by atoms with E-state index in [1.165, 1.54) is 14.2 Å². The second-order valence-corrected chi connectivity index (χ2v) is 4.48. The van der Waals surface area contributed by atoms with Gasteiger partial charge in [-0.25, -0.2) is 25.4 Å². The molecule has 22 heavy (non-hydrogen) atoms. The number of hydrogen-bond acceptors (Lipinski definition) is 5. The molecule has 3 N–H and O–H groups in total. The number of ether oxygens (including phenoxy) is 2. The summed E-state index contributed by atoms with van der Waals surface area (Å²) in [4.78, 5) is 23.6. The summed E-state index contributed by atoms with van der Waals surface area (Å²) in [6.07, 6.45) is 0. The van der Waals surface area contributed by atoms with Gasteiger partial charge in [-0.1, -0.05) is 0 Å². The fourth-order valence-corrected chi connectivity index (χ4v) is 1.81. The number of anilines is 1. The molecule has 118 valence electrons. The minimum absolute atomic E-state index is 0.203. The number of hydrazine groups is 1. The molecule has 2 rings (SSSR count). The van der Waals surface area contributed by atoms with Crippen molar-refractivity contribution in [2.45, 2.75) is 6.92 Å². The van der Waals surface area contributed by atoms with E-state index in [1.54, 1.807) is 25.1 Å². The first-order chi connectivity index (χ1) is 10.5. The van der Waals surface area contributed by atoms with Gasteiger partial charge in [0.05, 0.1) is 32.2 Å². The molecule has 0 fully saturated rings. The predicted molar refractivity (Wildman–Crippen MR) is 80.0 cm³/mol. The van der Waals surface area contributed by atoms with Gasteiger partial charge in [0.15, 0.2) is 0 Å². The second-order valence-electron chi connectivity index (χ2n) is 4.48. The molecule has 0 aromatic heterocycles. The van der Waals surface area contributed by atoms with Gasteiger partial charge in [0, 0.05) is 6.07 Å². The Bertz CT molecular complexity index is 616. The summed E-state index contributed by atoms with van der Waals surface area (Å²) in [6.45, 7) is 1.94. The lowest BCUT2D eigenvalue weighted by Gasteiger charge is -2.25. The molecule has 0 atom stereocenters. The van der Waals surface area contributed by atoms with Crippen LogP contribution in [0.25, 0.3) is 0 Å². The Hall–Kier alpha value is -2.97. The highest BCUT2D eigenvalue weighted by Gasteiger charge is 2.21. The van der Waals surface area contributed by atoms with Crippen LogP contribution in [-0.2, 0) is 0 Å². The van der Waals surface area contributed by atoms with E-state index in [2.05, 4.69) is 21.3 Å². The fraction of sp³-hybridized carbons (Fsp3) is 0.308. The fourth-order valence-electron chi connectivity index (χ4n) is 1.81. The number of carbonyl (C=O) groups excluding carboxylic acids is 2.